The minimum absolute atomic E-state index is 0.0869. The number of nitrogens with one attached hydrogen (secondary N) is 1. The first kappa shape index (κ1) is 27.5. The van der Waals surface area contributed by atoms with Crippen LogP contribution in [0.4, 0.5) is 10.5 Å². The molecule has 0 saturated carbocycles. The fourth-order valence-corrected chi connectivity index (χ4v) is 3.61. The monoisotopic (exact) mass is 503 g/mol. The molecule has 0 aliphatic heterocycles. The Labute approximate surface area is 217 Å². The molecule has 3 aromatic rings. The summed E-state index contributed by atoms with van der Waals surface area (Å²) >= 11 is 0. The topological polar surface area (TPSA) is 90.9 Å². The molecule has 0 radical (unpaired) electrons. The summed E-state index contributed by atoms with van der Waals surface area (Å²) in [6.07, 6.45) is -0.556. The van der Waals surface area contributed by atoms with Gasteiger partial charge in [0.15, 0.2) is 0 Å². The maximum atomic E-state index is 12.9. The summed E-state index contributed by atoms with van der Waals surface area (Å²) in [5.41, 5.74) is 2.40. The van der Waals surface area contributed by atoms with E-state index < -0.39 is 29.6 Å². The molecule has 1 N–H and O–H groups in total. The molecule has 3 aromatic carbocycles. The summed E-state index contributed by atoms with van der Waals surface area (Å²) in [5.74, 6) is -1.56. The van der Waals surface area contributed by atoms with Crippen molar-refractivity contribution in [3.63, 3.8) is 0 Å². The van der Waals surface area contributed by atoms with Crippen molar-refractivity contribution in [2.45, 2.75) is 58.8 Å². The number of para-hydroxylation sites is 1. The first-order valence-corrected chi connectivity index (χ1v) is 12.1. The lowest BCUT2D eigenvalue weighted by molar-refractivity contribution is -0.146. The van der Waals surface area contributed by atoms with E-state index in [4.69, 9.17) is 14.2 Å². The lowest BCUT2D eigenvalue weighted by Crippen LogP contribution is -2.28. The van der Waals surface area contributed by atoms with Crippen LogP contribution in [-0.4, -0.2) is 23.6 Å². The van der Waals surface area contributed by atoms with Gasteiger partial charge in [0.05, 0.1) is 18.0 Å². The van der Waals surface area contributed by atoms with E-state index in [2.05, 4.69) is 5.32 Å². The van der Waals surface area contributed by atoms with Gasteiger partial charge < -0.3 is 14.2 Å². The third-order valence-electron chi connectivity index (χ3n) is 5.43. The molecule has 0 heterocycles. The third kappa shape index (κ3) is 8.79. The molecule has 37 heavy (non-hydrogen) atoms. The van der Waals surface area contributed by atoms with Crippen LogP contribution in [0.15, 0.2) is 78.9 Å². The number of anilines is 1. The van der Waals surface area contributed by atoms with E-state index >= 15 is 0 Å². The van der Waals surface area contributed by atoms with E-state index in [1.165, 1.54) is 0 Å². The van der Waals surface area contributed by atoms with E-state index in [0.717, 1.165) is 11.1 Å². The summed E-state index contributed by atoms with van der Waals surface area (Å²) in [4.78, 5) is 38.0. The third-order valence-corrected chi connectivity index (χ3v) is 5.43. The summed E-state index contributed by atoms with van der Waals surface area (Å²) in [7, 11) is 0. The maximum absolute atomic E-state index is 12.9. The van der Waals surface area contributed by atoms with Crippen molar-refractivity contribution < 1.29 is 28.6 Å². The van der Waals surface area contributed by atoms with Crippen molar-refractivity contribution in [2.24, 2.45) is 0 Å². The summed E-state index contributed by atoms with van der Waals surface area (Å²) in [6.45, 7) is 7.02. The molecule has 1 atom stereocenters. The lowest BCUT2D eigenvalue weighted by Gasteiger charge is -2.23. The van der Waals surface area contributed by atoms with Crippen molar-refractivity contribution in [3.05, 3.63) is 101 Å². The summed E-state index contributed by atoms with van der Waals surface area (Å²) < 4.78 is 16.5. The molecule has 3 rings (SSSR count). The van der Waals surface area contributed by atoms with Gasteiger partial charge in [0, 0.05) is 5.56 Å². The Morgan fingerprint density at radius 3 is 2.03 bits per heavy atom. The highest BCUT2D eigenvalue weighted by atomic mass is 16.6. The van der Waals surface area contributed by atoms with Crippen LogP contribution in [0.2, 0.25) is 0 Å². The standard InChI is InChI=1S/C30H33NO6/c1-21(28(33)36-19-23-14-9-6-10-15-23)25-17-11-16-24(27(25)31-29(34)37-30(2,3)4)20-35-26(32)18-22-12-7-5-8-13-22/h5-17,21H,18-20H2,1-4H3,(H,31,34). The summed E-state index contributed by atoms with van der Waals surface area (Å²) in [5, 5.41) is 2.76. The number of hydrogen-bond donors (Lipinski definition) is 1. The van der Waals surface area contributed by atoms with Crippen molar-refractivity contribution in [1.82, 2.24) is 0 Å². The van der Waals surface area contributed by atoms with Crippen LogP contribution in [0.25, 0.3) is 0 Å². The molecule has 0 aromatic heterocycles. The van der Waals surface area contributed by atoms with Gasteiger partial charge in [-0.1, -0.05) is 78.9 Å². The van der Waals surface area contributed by atoms with Crippen molar-refractivity contribution in [1.29, 1.82) is 0 Å². The van der Waals surface area contributed by atoms with E-state index in [9.17, 15) is 14.4 Å². The molecule has 0 saturated heterocycles. The zero-order valence-corrected chi connectivity index (χ0v) is 21.7. The number of ether oxygens (including phenoxy) is 3. The number of benzene rings is 3. The second kappa shape index (κ2) is 12.7. The number of esters is 2. The van der Waals surface area contributed by atoms with Crippen LogP contribution in [-0.2, 0) is 43.4 Å². The molecule has 0 aliphatic rings. The highest BCUT2D eigenvalue weighted by Gasteiger charge is 2.25. The van der Waals surface area contributed by atoms with Gasteiger partial charge in [-0.25, -0.2) is 4.79 Å². The van der Waals surface area contributed by atoms with Crippen LogP contribution in [0, 0.1) is 0 Å². The zero-order valence-electron chi connectivity index (χ0n) is 21.7. The molecule has 7 heteroatoms. The van der Waals surface area contributed by atoms with Gasteiger partial charge in [-0.05, 0) is 44.4 Å². The molecule has 1 unspecified atom stereocenters. The van der Waals surface area contributed by atoms with Gasteiger partial charge in [0.25, 0.3) is 0 Å². The van der Waals surface area contributed by atoms with Gasteiger partial charge in [-0.2, -0.15) is 0 Å². The van der Waals surface area contributed by atoms with Crippen LogP contribution >= 0.6 is 0 Å². The molecular weight excluding hydrogens is 470 g/mol. The summed E-state index contributed by atoms with van der Waals surface area (Å²) in [6, 6.07) is 23.9. The normalized spacial score (nSPS) is 11.8. The second-order valence-corrected chi connectivity index (χ2v) is 9.65. The Bertz CT molecular complexity index is 1200. The highest BCUT2D eigenvalue weighted by Crippen LogP contribution is 2.30. The number of rotatable bonds is 9. The van der Waals surface area contributed by atoms with Crippen LogP contribution in [0.5, 0.6) is 0 Å². The SMILES string of the molecule is CC(C(=O)OCc1ccccc1)c1cccc(COC(=O)Cc2ccccc2)c1NC(=O)OC(C)(C)C. The Morgan fingerprint density at radius 2 is 1.41 bits per heavy atom. The van der Waals surface area contributed by atoms with Gasteiger partial charge in [-0.3, -0.25) is 14.9 Å². The number of carbonyl (C=O) groups is 3. The second-order valence-electron chi connectivity index (χ2n) is 9.65. The van der Waals surface area contributed by atoms with E-state index in [-0.39, 0.29) is 19.6 Å². The fraction of sp³-hybridized carbons (Fsp3) is 0.300. The fourth-order valence-electron chi connectivity index (χ4n) is 3.61. The van der Waals surface area contributed by atoms with Crippen molar-refractivity contribution in [2.75, 3.05) is 5.32 Å². The minimum atomic E-state index is -0.721. The quantitative estimate of drug-likeness (QED) is 0.278. The van der Waals surface area contributed by atoms with E-state index in [1.807, 2.05) is 60.7 Å². The van der Waals surface area contributed by atoms with Crippen molar-refractivity contribution >= 4 is 23.7 Å². The average molecular weight is 504 g/mol. The van der Waals surface area contributed by atoms with Gasteiger partial charge in [0.1, 0.15) is 18.8 Å². The van der Waals surface area contributed by atoms with E-state index in [1.54, 1.807) is 45.9 Å². The predicted octanol–water partition coefficient (Wildman–Crippen LogP) is 6.17. The first-order valence-electron chi connectivity index (χ1n) is 12.1. The Kier molecular flexibility index (Phi) is 9.44. The Balaban J connectivity index is 1.79. The van der Waals surface area contributed by atoms with E-state index in [0.29, 0.717) is 16.8 Å². The number of amides is 1. The van der Waals surface area contributed by atoms with Crippen LogP contribution < -0.4 is 5.32 Å². The average Bonchev–Trinajstić information content (AvgIpc) is 2.86. The maximum Gasteiger partial charge on any atom is 0.412 e. The van der Waals surface area contributed by atoms with Gasteiger partial charge in [0.2, 0.25) is 0 Å². The van der Waals surface area contributed by atoms with Gasteiger partial charge >= 0.3 is 18.0 Å². The minimum Gasteiger partial charge on any atom is -0.460 e. The Hall–Kier alpha value is -4.13. The molecular formula is C30H33NO6. The first-order chi connectivity index (χ1) is 17.6. The Morgan fingerprint density at radius 1 is 0.784 bits per heavy atom. The zero-order chi connectivity index (χ0) is 26.8. The van der Waals surface area contributed by atoms with Gasteiger partial charge in [-0.15, -0.1) is 0 Å². The molecule has 194 valence electrons. The predicted molar refractivity (Wildman–Crippen MR) is 141 cm³/mol. The van der Waals surface area contributed by atoms with Crippen LogP contribution in [0.1, 0.15) is 55.9 Å². The number of carbonyl (C=O) groups excluding carboxylic acids is 3. The van der Waals surface area contributed by atoms with Crippen molar-refractivity contribution in [3.8, 4) is 0 Å². The lowest BCUT2D eigenvalue weighted by atomic mass is 9.96. The molecule has 0 spiro atoms. The molecule has 0 bridgehead atoms. The molecule has 0 fully saturated rings. The largest absolute Gasteiger partial charge is 0.460 e. The number of hydrogen-bond acceptors (Lipinski definition) is 6. The smallest absolute Gasteiger partial charge is 0.412 e. The molecule has 7 nitrogen and oxygen atoms in total. The molecule has 0 aliphatic carbocycles. The van der Waals surface area contributed by atoms with Crippen LogP contribution in [0.3, 0.4) is 0 Å². The molecule has 1 amide bonds. The highest BCUT2D eigenvalue weighted by molar-refractivity contribution is 5.90.